The number of hydrogen-bond donors (Lipinski definition) is 0. The third-order valence-corrected chi connectivity index (χ3v) is 5.07. The molecule has 4 nitrogen and oxygen atoms in total. The van der Waals surface area contributed by atoms with Gasteiger partial charge in [-0.3, -0.25) is 0 Å². The highest BCUT2D eigenvalue weighted by molar-refractivity contribution is 8.38. The van der Waals surface area contributed by atoms with E-state index < -0.39 is 6.92 Å². The molecule has 2 fully saturated rings. The Kier molecular flexibility index (Phi) is 3.46. The molecule has 2 heterocycles. The molecule has 76 valence electrons. The first-order valence-corrected chi connectivity index (χ1v) is 7.18. The highest BCUT2D eigenvalue weighted by atomic mass is 32.7. The van der Waals surface area contributed by atoms with E-state index in [-0.39, 0.29) is 6.10 Å². The van der Waals surface area contributed by atoms with Gasteiger partial charge in [-0.25, -0.2) is 9.05 Å². The molecule has 1 atom stereocenters. The predicted octanol–water partition coefficient (Wildman–Crippen LogP) is 1.11. The fraction of sp³-hybridized carbons (Fsp3) is 1.00. The molecule has 13 heavy (non-hydrogen) atoms. The molecule has 1 unspecified atom stereocenters. The van der Waals surface area contributed by atoms with Crippen LogP contribution in [0.25, 0.3) is 0 Å². The predicted molar refractivity (Wildman–Crippen MR) is 51.4 cm³/mol. The monoisotopic (exact) mass is 224 g/mol. The van der Waals surface area contributed by atoms with Gasteiger partial charge in [-0.05, 0) is 0 Å². The van der Waals surface area contributed by atoms with E-state index in [2.05, 4.69) is 0 Å². The molecule has 0 N–H and O–H groups in total. The van der Waals surface area contributed by atoms with E-state index in [9.17, 15) is 0 Å². The molecule has 0 aliphatic carbocycles. The van der Waals surface area contributed by atoms with Crippen LogP contribution < -0.4 is 0 Å². The van der Waals surface area contributed by atoms with E-state index in [0.29, 0.717) is 19.6 Å². The molecule has 0 bridgehead atoms. The lowest BCUT2D eigenvalue weighted by atomic mass is 10.4. The summed E-state index contributed by atoms with van der Waals surface area (Å²) in [5.41, 5.74) is 0. The largest absolute Gasteiger partial charge is 0.492 e. The molecule has 2 aliphatic heterocycles. The normalized spacial score (nSPS) is 33.5. The molecule has 2 aliphatic rings. The van der Waals surface area contributed by atoms with Crippen LogP contribution in [0.5, 0.6) is 0 Å². The van der Waals surface area contributed by atoms with Gasteiger partial charge in [-0.1, -0.05) is 0 Å². The quantitative estimate of drug-likeness (QED) is 0.518. The van der Waals surface area contributed by atoms with Crippen LogP contribution in [0, 0.1) is 0 Å². The van der Waals surface area contributed by atoms with Crippen molar-refractivity contribution in [2.45, 2.75) is 12.5 Å². The molecule has 0 aromatic rings. The fourth-order valence-electron chi connectivity index (χ4n) is 1.34. The lowest BCUT2D eigenvalue weighted by Crippen LogP contribution is -2.23. The van der Waals surface area contributed by atoms with Gasteiger partial charge in [0.1, 0.15) is 19.1 Å². The van der Waals surface area contributed by atoms with Crippen molar-refractivity contribution in [3.8, 4) is 0 Å². The Labute approximate surface area is 83.5 Å². The second kappa shape index (κ2) is 4.43. The maximum absolute atomic E-state index is 5.50. The van der Waals surface area contributed by atoms with Crippen LogP contribution in [0.4, 0.5) is 0 Å². The third-order valence-electron chi connectivity index (χ3n) is 1.98. The van der Waals surface area contributed by atoms with E-state index in [1.54, 1.807) is 0 Å². The maximum Gasteiger partial charge on any atom is 0.162 e. The lowest BCUT2D eigenvalue weighted by molar-refractivity contribution is 0.0503. The van der Waals surface area contributed by atoms with E-state index >= 15 is 0 Å². The van der Waals surface area contributed by atoms with Crippen molar-refractivity contribution in [3.63, 3.8) is 0 Å². The zero-order valence-corrected chi connectivity index (χ0v) is 9.02. The molecule has 6 heteroatoms. The molecule has 2 rings (SSSR count). The summed E-state index contributed by atoms with van der Waals surface area (Å²) in [7, 11) is 0. The Bertz CT molecular complexity index is 168. The fourth-order valence-corrected chi connectivity index (χ4v) is 4.09. The smallest absolute Gasteiger partial charge is 0.162 e. The second-order valence-corrected chi connectivity index (χ2v) is 6.86. The molecule has 2 saturated heterocycles. The number of hydrogen-bond acceptors (Lipinski definition) is 5. The number of rotatable bonds is 2. The molecular weight excluding hydrogens is 211 g/mol. The summed E-state index contributed by atoms with van der Waals surface area (Å²) in [4.78, 5) is 0. The van der Waals surface area contributed by atoms with Gasteiger partial charge in [-0.2, -0.15) is 0 Å². The SMILES string of the molecule is [S-][P+]1(CC2COCO2)OCCCO1. The van der Waals surface area contributed by atoms with Crippen LogP contribution in [0.15, 0.2) is 0 Å². The lowest BCUT2D eigenvalue weighted by Gasteiger charge is -2.33. The Morgan fingerprint density at radius 3 is 2.69 bits per heavy atom. The highest BCUT2D eigenvalue weighted by Gasteiger charge is 2.36. The Balaban J connectivity index is 1.83. The first kappa shape index (κ1) is 10.1. The topological polar surface area (TPSA) is 36.9 Å². The van der Waals surface area contributed by atoms with Gasteiger partial charge in [0, 0.05) is 6.42 Å². The minimum Gasteiger partial charge on any atom is -0.492 e. The molecular formula is C7H13O4PS. The maximum atomic E-state index is 5.50. The van der Waals surface area contributed by atoms with Gasteiger partial charge in [0.2, 0.25) is 0 Å². The average molecular weight is 224 g/mol. The molecule has 0 aromatic heterocycles. The summed E-state index contributed by atoms with van der Waals surface area (Å²) in [5.74, 6) is 0. The van der Waals surface area contributed by atoms with Crippen molar-refractivity contribution in [2.24, 2.45) is 0 Å². The van der Waals surface area contributed by atoms with Gasteiger partial charge < -0.3 is 21.7 Å². The van der Waals surface area contributed by atoms with Crippen molar-refractivity contribution < 1.29 is 18.5 Å². The molecule has 0 radical (unpaired) electrons. The summed E-state index contributed by atoms with van der Waals surface area (Å²) in [6.45, 7) is 0.411. The minimum atomic E-state index is -2.03. The molecule has 0 amide bonds. The van der Waals surface area contributed by atoms with Gasteiger partial charge in [0.05, 0.1) is 19.8 Å². The van der Waals surface area contributed by atoms with Crippen molar-refractivity contribution in [1.29, 1.82) is 0 Å². The van der Waals surface area contributed by atoms with E-state index in [0.717, 1.165) is 19.6 Å². The Hall–Kier alpha value is 0.620. The Morgan fingerprint density at radius 1 is 1.31 bits per heavy atom. The zero-order valence-electron chi connectivity index (χ0n) is 7.31. The minimum absolute atomic E-state index is 0.0731. The highest BCUT2D eigenvalue weighted by Crippen LogP contribution is 2.61. The first-order valence-electron chi connectivity index (χ1n) is 4.36. The van der Waals surface area contributed by atoms with Gasteiger partial charge in [0.15, 0.2) is 6.92 Å². The van der Waals surface area contributed by atoms with Crippen molar-refractivity contribution in [2.75, 3.05) is 32.8 Å². The summed E-state index contributed by atoms with van der Waals surface area (Å²) in [6.07, 6.45) is 1.70. The summed E-state index contributed by atoms with van der Waals surface area (Å²) in [6, 6.07) is 0. The van der Waals surface area contributed by atoms with Crippen molar-refractivity contribution in [3.05, 3.63) is 0 Å². The molecule has 0 aromatic carbocycles. The van der Waals surface area contributed by atoms with Crippen LogP contribution in [-0.2, 0) is 30.8 Å². The van der Waals surface area contributed by atoms with Gasteiger partial charge in [-0.15, -0.1) is 0 Å². The second-order valence-electron chi connectivity index (χ2n) is 3.09. The standard InChI is InChI=1S/C7H13O4PS/c13-12(10-2-1-3-11-12)5-7-4-8-6-9-7/h7H,1-6H2. The van der Waals surface area contributed by atoms with Gasteiger partial charge >= 0.3 is 0 Å². The summed E-state index contributed by atoms with van der Waals surface area (Å²) < 4.78 is 21.4. The number of ether oxygens (including phenoxy) is 2. The Morgan fingerprint density at radius 2 is 2.08 bits per heavy atom. The van der Waals surface area contributed by atoms with Crippen LogP contribution in [0.3, 0.4) is 0 Å². The molecule has 0 saturated carbocycles. The van der Waals surface area contributed by atoms with E-state index in [1.807, 2.05) is 0 Å². The van der Waals surface area contributed by atoms with Crippen molar-refractivity contribution in [1.82, 2.24) is 0 Å². The van der Waals surface area contributed by atoms with Crippen LogP contribution >= 0.6 is 6.92 Å². The van der Waals surface area contributed by atoms with Crippen LogP contribution in [-0.4, -0.2) is 38.9 Å². The van der Waals surface area contributed by atoms with Crippen molar-refractivity contribution >= 4 is 19.2 Å². The van der Waals surface area contributed by atoms with Crippen LogP contribution in [0.1, 0.15) is 6.42 Å². The molecule has 0 spiro atoms. The van der Waals surface area contributed by atoms with E-state index in [4.69, 9.17) is 30.8 Å². The van der Waals surface area contributed by atoms with Crippen LogP contribution in [0.2, 0.25) is 0 Å². The third kappa shape index (κ3) is 2.78. The summed E-state index contributed by atoms with van der Waals surface area (Å²) >= 11 is 5.32. The zero-order chi connectivity index (χ0) is 9.15. The summed E-state index contributed by atoms with van der Waals surface area (Å²) in [5, 5.41) is 0. The average Bonchev–Trinajstić information content (AvgIpc) is 2.57. The first-order chi connectivity index (χ1) is 6.29. The van der Waals surface area contributed by atoms with E-state index in [1.165, 1.54) is 0 Å². The van der Waals surface area contributed by atoms with Gasteiger partial charge in [0.25, 0.3) is 0 Å².